The molecule has 3 amide bonds. The second-order valence-corrected chi connectivity index (χ2v) is 13.2. The van der Waals surface area contributed by atoms with E-state index >= 15 is 0 Å². The molecule has 0 aliphatic carbocycles. The minimum atomic E-state index is -0.463. The third-order valence-corrected chi connectivity index (χ3v) is 9.04. The zero-order valence-corrected chi connectivity index (χ0v) is 29.0. The third kappa shape index (κ3) is 9.78. The van der Waals surface area contributed by atoms with Gasteiger partial charge < -0.3 is 30.1 Å². The van der Waals surface area contributed by atoms with E-state index in [1.54, 1.807) is 35.5 Å². The molecule has 1 aliphatic rings. The molecule has 1 aliphatic heterocycles. The number of ether oxygens (including phenoxy) is 2. The Bertz CT molecular complexity index is 1680. The molecule has 5 rings (SSSR count). The van der Waals surface area contributed by atoms with E-state index in [2.05, 4.69) is 34.5 Å². The summed E-state index contributed by atoms with van der Waals surface area (Å²) in [4.78, 5) is 35.7. The lowest BCUT2D eigenvalue weighted by Crippen LogP contribution is -2.47. The molecule has 0 unspecified atom stereocenters. The Morgan fingerprint density at radius 1 is 1.04 bits per heavy atom. The lowest BCUT2D eigenvalue weighted by atomic mass is 10.0. The molecule has 0 radical (unpaired) electrons. The Morgan fingerprint density at radius 3 is 2.61 bits per heavy atom. The number of urea groups is 1. The van der Waals surface area contributed by atoms with Gasteiger partial charge in [-0.1, -0.05) is 43.3 Å². The van der Waals surface area contributed by atoms with Crippen LogP contribution < -0.4 is 15.4 Å². The van der Waals surface area contributed by atoms with Crippen LogP contribution in [0.5, 0.6) is 5.75 Å². The third-order valence-electron chi connectivity index (χ3n) is 9.04. The van der Waals surface area contributed by atoms with Crippen molar-refractivity contribution in [3.63, 3.8) is 0 Å². The quantitative estimate of drug-likeness (QED) is 0.189. The first kappa shape index (κ1) is 35.8. The van der Waals surface area contributed by atoms with Gasteiger partial charge in [0.05, 0.1) is 36.1 Å². The second-order valence-electron chi connectivity index (χ2n) is 13.2. The maximum Gasteiger partial charge on any atom is 0.323 e. The Kier molecular flexibility index (Phi) is 12.6. The number of aliphatic hydroxyl groups is 1. The van der Waals surface area contributed by atoms with E-state index in [-0.39, 0.29) is 30.6 Å². The van der Waals surface area contributed by atoms with Crippen LogP contribution in [0.2, 0.25) is 0 Å². The number of rotatable bonds is 8. The zero-order chi connectivity index (χ0) is 34.8. The van der Waals surface area contributed by atoms with E-state index in [9.17, 15) is 14.7 Å². The first-order valence-corrected chi connectivity index (χ1v) is 17.2. The maximum atomic E-state index is 14.5. The number of hydrogen-bond acceptors (Lipinski definition) is 7. The largest absolute Gasteiger partial charge is 0.490 e. The van der Waals surface area contributed by atoms with Crippen LogP contribution in [0.1, 0.15) is 56.0 Å². The fraction of sp³-hybridized carbons (Fsp3) is 0.410. The standard InChI is InChI=1S/C39H49N5O5/c1-27-23-44(28(2)26-45)38(46)34-22-32(41-39(47)42-35-14-9-12-31-11-5-6-13-33(31)35)15-16-36(34)49-29(3)10-7-8-21-48-37(27)25-43(4)24-30-17-19-40-20-18-30/h5-6,9,11-20,22,27-29,37,45H,7-8,10,21,23-26H2,1-4H3,(H2,41,42,47)/t27-,28-,29-,37-/m1/s1. The van der Waals surface area contributed by atoms with Gasteiger partial charge in [0.25, 0.3) is 5.91 Å². The van der Waals surface area contributed by atoms with Gasteiger partial charge in [-0.15, -0.1) is 0 Å². The molecule has 2 heterocycles. The Morgan fingerprint density at radius 2 is 1.82 bits per heavy atom. The summed E-state index contributed by atoms with van der Waals surface area (Å²) in [6, 6.07) is 21.9. The monoisotopic (exact) mass is 667 g/mol. The summed E-state index contributed by atoms with van der Waals surface area (Å²) in [7, 11) is 2.07. The van der Waals surface area contributed by atoms with Crippen molar-refractivity contribution in [1.29, 1.82) is 0 Å². The number of pyridine rings is 1. The van der Waals surface area contributed by atoms with Crippen LogP contribution >= 0.6 is 0 Å². The molecule has 4 aromatic rings. The number of aliphatic hydroxyl groups excluding tert-OH is 1. The fourth-order valence-electron chi connectivity index (χ4n) is 6.25. The summed E-state index contributed by atoms with van der Waals surface area (Å²) in [5.74, 6) is 0.119. The Labute approximate surface area is 289 Å². The highest BCUT2D eigenvalue weighted by Crippen LogP contribution is 2.29. The number of aromatic nitrogens is 1. The molecule has 0 bridgehead atoms. The lowest BCUT2D eigenvalue weighted by molar-refractivity contribution is -0.0177. The van der Waals surface area contributed by atoms with E-state index in [1.807, 2.05) is 68.4 Å². The summed E-state index contributed by atoms with van der Waals surface area (Å²) in [6.45, 7) is 8.12. The maximum absolute atomic E-state index is 14.5. The minimum absolute atomic E-state index is 0.0446. The van der Waals surface area contributed by atoms with Crippen molar-refractivity contribution < 1.29 is 24.2 Å². The van der Waals surface area contributed by atoms with Crippen molar-refractivity contribution in [2.24, 2.45) is 5.92 Å². The van der Waals surface area contributed by atoms with Crippen LogP contribution in [0.4, 0.5) is 16.2 Å². The molecule has 0 saturated carbocycles. The van der Waals surface area contributed by atoms with Crippen molar-refractivity contribution in [2.75, 3.05) is 44.0 Å². The van der Waals surface area contributed by atoms with Gasteiger partial charge in [0, 0.05) is 55.6 Å². The molecule has 10 heteroatoms. The van der Waals surface area contributed by atoms with Gasteiger partial charge >= 0.3 is 6.03 Å². The lowest BCUT2D eigenvalue weighted by Gasteiger charge is -2.36. The summed E-state index contributed by atoms with van der Waals surface area (Å²) >= 11 is 0. The Hall–Kier alpha value is -4.51. The molecule has 3 aromatic carbocycles. The Balaban J connectivity index is 1.39. The second kappa shape index (κ2) is 17.2. The van der Waals surface area contributed by atoms with Gasteiger partial charge in [-0.05, 0) is 87.5 Å². The van der Waals surface area contributed by atoms with Gasteiger partial charge in [0.2, 0.25) is 0 Å². The van der Waals surface area contributed by atoms with Crippen LogP contribution in [0.25, 0.3) is 10.8 Å². The molecular weight excluding hydrogens is 618 g/mol. The molecule has 49 heavy (non-hydrogen) atoms. The minimum Gasteiger partial charge on any atom is -0.490 e. The molecule has 1 aromatic heterocycles. The SMILES string of the molecule is C[C@@H]1CCCCO[C@H](CN(C)Cc2ccncc2)[C@H](C)CN([C@H](C)CO)C(=O)c2cc(NC(=O)Nc3cccc4ccccc34)ccc2O1. The number of likely N-dealkylation sites (N-methyl/N-ethyl adjacent to an activating group) is 1. The van der Waals surface area contributed by atoms with Crippen LogP contribution in [0, 0.1) is 5.92 Å². The molecule has 0 saturated heterocycles. The number of carbonyl (C=O) groups is 2. The van der Waals surface area contributed by atoms with Gasteiger partial charge in [0.1, 0.15) is 5.75 Å². The van der Waals surface area contributed by atoms with E-state index in [0.717, 1.165) is 42.1 Å². The highest BCUT2D eigenvalue weighted by atomic mass is 16.5. The number of carbonyl (C=O) groups excluding carboxylic acids is 2. The number of nitrogens with zero attached hydrogens (tertiary/aromatic N) is 3. The summed E-state index contributed by atoms with van der Waals surface area (Å²) in [5, 5.41) is 18.1. The first-order chi connectivity index (χ1) is 23.7. The van der Waals surface area contributed by atoms with Crippen LogP contribution in [0.15, 0.2) is 85.2 Å². The topological polar surface area (TPSA) is 116 Å². The van der Waals surface area contributed by atoms with Crippen LogP contribution in [0.3, 0.4) is 0 Å². The first-order valence-electron chi connectivity index (χ1n) is 17.2. The summed E-state index contributed by atoms with van der Waals surface area (Å²) in [6.07, 6.45) is 5.91. The van der Waals surface area contributed by atoms with Gasteiger partial charge in [0.15, 0.2) is 0 Å². The molecule has 3 N–H and O–H groups in total. The fourth-order valence-corrected chi connectivity index (χ4v) is 6.25. The predicted octanol–water partition coefficient (Wildman–Crippen LogP) is 6.81. The normalized spacial score (nSPS) is 19.8. The number of amides is 3. The van der Waals surface area contributed by atoms with Crippen LogP contribution in [-0.4, -0.2) is 83.4 Å². The number of fused-ring (bicyclic) bond motifs is 2. The number of benzene rings is 3. The van der Waals surface area contributed by atoms with Crippen molar-refractivity contribution in [3.05, 3.63) is 96.3 Å². The summed E-state index contributed by atoms with van der Waals surface area (Å²) in [5.41, 5.74) is 2.62. The van der Waals surface area contributed by atoms with Crippen molar-refractivity contribution in [1.82, 2.24) is 14.8 Å². The number of nitrogens with one attached hydrogen (secondary N) is 2. The highest BCUT2D eigenvalue weighted by molar-refractivity contribution is 6.07. The van der Waals surface area contributed by atoms with Gasteiger partial charge in [-0.2, -0.15) is 0 Å². The van der Waals surface area contributed by atoms with Crippen molar-refractivity contribution in [3.8, 4) is 5.75 Å². The molecule has 4 atom stereocenters. The average Bonchev–Trinajstić information content (AvgIpc) is 3.10. The van der Waals surface area contributed by atoms with E-state index in [1.165, 1.54) is 0 Å². The highest BCUT2D eigenvalue weighted by Gasteiger charge is 2.30. The predicted molar refractivity (Wildman–Crippen MR) is 194 cm³/mol. The molecule has 0 fully saturated rings. The zero-order valence-electron chi connectivity index (χ0n) is 29.0. The smallest absolute Gasteiger partial charge is 0.323 e. The average molecular weight is 668 g/mol. The van der Waals surface area contributed by atoms with E-state index in [4.69, 9.17) is 9.47 Å². The van der Waals surface area contributed by atoms with Crippen molar-refractivity contribution in [2.45, 2.75) is 64.8 Å². The summed E-state index contributed by atoms with van der Waals surface area (Å²) < 4.78 is 12.8. The molecule has 10 nitrogen and oxygen atoms in total. The molecular formula is C39H49N5O5. The number of hydrogen-bond donors (Lipinski definition) is 3. The molecule has 260 valence electrons. The van der Waals surface area contributed by atoms with E-state index in [0.29, 0.717) is 42.4 Å². The van der Waals surface area contributed by atoms with Crippen LogP contribution in [-0.2, 0) is 11.3 Å². The van der Waals surface area contributed by atoms with E-state index < -0.39 is 12.1 Å². The van der Waals surface area contributed by atoms with Crippen molar-refractivity contribution >= 4 is 34.1 Å². The molecule has 0 spiro atoms. The van der Waals surface area contributed by atoms with Gasteiger partial charge in [-0.3, -0.25) is 14.7 Å². The van der Waals surface area contributed by atoms with Gasteiger partial charge in [-0.25, -0.2) is 4.79 Å². The number of anilines is 2.